The standard InChI is InChI=1S/C12H15F2N3O4/c1-21-7-6-15-10(18)4-5-16-12-9(17(19)20)3-2-8(13)11(12)14/h2-3,16H,4-7H2,1H3,(H,15,18). The van der Waals surface area contributed by atoms with E-state index in [0.29, 0.717) is 19.2 Å². The molecule has 0 saturated carbocycles. The van der Waals surface area contributed by atoms with Crippen molar-refractivity contribution in [1.82, 2.24) is 5.32 Å². The number of ether oxygens (including phenoxy) is 1. The van der Waals surface area contributed by atoms with E-state index in [2.05, 4.69) is 10.6 Å². The molecule has 0 unspecified atom stereocenters. The van der Waals surface area contributed by atoms with Crippen LogP contribution in [0, 0.1) is 21.7 Å². The molecule has 2 N–H and O–H groups in total. The Labute approximate surface area is 119 Å². The van der Waals surface area contributed by atoms with Crippen LogP contribution < -0.4 is 10.6 Å². The summed E-state index contributed by atoms with van der Waals surface area (Å²) in [6.07, 6.45) is -0.0448. The minimum Gasteiger partial charge on any atom is -0.383 e. The molecule has 0 aromatic heterocycles. The van der Waals surface area contributed by atoms with Crippen LogP contribution in [0.2, 0.25) is 0 Å². The van der Waals surface area contributed by atoms with Crippen molar-refractivity contribution < 1.29 is 23.2 Å². The van der Waals surface area contributed by atoms with Crippen molar-refractivity contribution in [2.24, 2.45) is 0 Å². The van der Waals surface area contributed by atoms with E-state index in [-0.39, 0.29) is 18.9 Å². The first kappa shape index (κ1) is 16.8. The Morgan fingerprint density at radius 2 is 2.10 bits per heavy atom. The lowest BCUT2D eigenvalue weighted by Crippen LogP contribution is -2.28. The number of nitrogens with one attached hydrogen (secondary N) is 2. The maximum absolute atomic E-state index is 13.5. The normalized spacial score (nSPS) is 10.2. The highest BCUT2D eigenvalue weighted by Gasteiger charge is 2.21. The molecular formula is C12H15F2N3O4. The van der Waals surface area contributed by atoms with Gasteiger partial charge in [0.15, 0.2) is 17.3 Å². The lowest BCUT2D eigenvalue weighted by Gasteiger charge is -2.09. The second kappa shape index (κ2) is 8.10. The first-order valence-corrected chi connectivity index (χ1v) is 6.09. The molecule has 21 heavy (non-hydrogen) atoms. The number of methoxy groups -OCH3 is 1. The Morgan fingerprint density at radius 3 is 2.71 bits per heavy atom. The number of amides is 1. The Balaban J connectivity index is 2.61. The largest absolute Gasteiger partial charge is 0.383 e. The van der Waals surface area contributed by atoms with Crippen molar-refractivity contribution >= 4 is 17.3 Å². The molecule has 0 aliphatic rings. The summed E-state index contributed by atoms with van der Waals surface area (Å²) in [6, 6.07) is 1.54. The highest BCUT2D eigenvalue weighted by Crippen LogP contribution is 2.28. The molecule has 0 bridgehead atoms. The zero-order chi connectivity index (χ0) is 15.8. The van der Waals surface area contributed by atoms with Crippen molar-refractivity contribution in [3.8, 4) is 0 Å². The van der Waals surface area contributed by atoms with Gasteiger partial charge in [-0.05, 0) is 6.07 Å². The highest BCUT2D eigenvalue weighted by molar-refractivity contribution is 5.76. The third kappa shape index (κ3) is 4.95. The number of nitro benzene ring substituents is 1. The third-order valence-corrected chi connectivity index (χ3v) is 2.55. The smallest absolute Gasteiger partial charge is 0.295 e. The first-order chi connectivity index (χ1) is 9.97. The fourth-order valence-electron chi connectivity index (χ4n) is 1.54. The van der Waals surface area contributed by atoms with Gasteiger partial charge in [0.1, 0.15) is 0 Å². The van der Waals surface area contributed by atoms with Crippen molar-refractivity contribution in [3.05, 3.63) is 33.9 Å². The third-order valence-electron chi connectivity index (χ3n) is 2.55. The van der Waals surface area contributed by atoms with Gasteiger partial charge in [0.05, 0.1) is 11.5 Å². The molecular weight excluding hydrogens is 288 g/mol. The van der Waals surface area contributed by atoms with Crippen LogP contribution in [0.3, 0.4) is 0 Å². The Hall–Kier alpha value is -2.29. The van der Waals surface area contributed by atoms with Gasteiger partial charge in [-0.1, -0.05) is 0 Å². The molecule has 0 heterocycles. The second-order valence-electron chi connectivity index (χ2n) is 4.03. The van der Waals surface area contributed by atoms with Gasteiger partial charge in [-0.15, -0.1) is 0 Å². The Kier molecular flexibility index (Phi) is 6.47. The monoisotopic (exact) mass is 303 g/mol. The van der Waals surface area contributed by atoms with E-state index < -0.39 is 27.9 Å². The summed E-state index contributed by atoms with van der Waals surface area (Å²) in [5, 5.41) is 15.6. The van der Waals surface area contributed by atoms with Crippen LogP contribution in [0.5, 0.6) is 0 Å². The van der Waals surface area contributed by atoms with Crippen LogP contribution in [0.4, 0.5) is 20.2 Å². The number of nitrogens with zero attached hydrogens (tertiary/aromatic N) is 1. The van der Waals surface area contributed by atoms with Crippen LogP contribution in [0.25, 0.3) is 0 Å². The molecule has 9 heteroatoms. The van der Waals surface area contributed by atoms with Gasteiger partial charge >= 0.3 is 0 Å². The minimum absolute atomic E-state index is 0.0448. The van der Waals surface area contributed by atoms with Gasteiger partial charge in [-0.2, -0.15) is 0 Å². The summed E-state index contributed by atoms with van der Waals surface area (Å²) in [5.41, 5.74) is -1.15. The van der Waals surface area contributed by atoms with Crippen LogP contribution >= 0.6 is 0 Å². The zero-order valence-corrected chi connectivity index (χ0v) is 11.3. The van der Waals surface area contributed by atoms with E-state index in [1.54, 1.807) is 0 Å². The number of carbonyl (C=O) groups is 1. The molecule has 0 fully saturated rings. The van der Waals surface area contributed by atoms with E-state index >= 15 is 0 Å². The van der Waals surface area contributed by atoms with E-state index in [9.17, 15) is 23.7 Å². The maximum Gasteiger partial charge on any atom is 0.295 e. The predicted molar refractivity (Wildman–Crippen MR) is 71.0 cm³/mol. The average Bonchev–Trinajstić information content (AvgIpc) is 2.43. The van der Waals surface area contributed by atoms with Crippen LogP contribution in [-0.4, -0.2) is 37.6 Å². The number of nitro groups is 1. The number of hydrogen-bond donors (Lipinski definition) is 2. The lowest BCUT2D eigenvalue weighted by atomic mass is 10.2. The molecule has 0 atom stereocenters. The van der Waals surface area contributed by atoms with E-state index in [0.717, 1.165) is 6.07 Å². The Bertz CT molecular complexity index is 525. The van der Waals surface area contributed by atoms with Gasteiger partial charge in [0.2, 0.25) is 5.91 Å². The van der Waals surface area contributed by atoms with Gasteiger partial charge in [0, 0.05) is 32.7 Å². The first-order valence-electron chi connectivity index (χ1n) is 6.09. The van der Waals surface area contributed by atoms with Gasteiger partial charge < -0.3 is 15.4 Å². The van der Waals surface area contributed by atoms with Gasteiger partial charge in [-0.25, -0.2) is 8.78 Å². The molecule has 1 rings (SSSR count). The SMILES string of the molecule is COCCNC(=O)CCNc1c([N+](=O)[O-])ccc(F)c1F. The topological polar surface area (TPSA) is 93.5 Å². The summed E-state index contributed by atoms with van der Waals surface area (Å²) in [7, 11) is 1.49. The number of hydrogen-bond acceptors (Lipinski definition) is 5. The Morgan fingerprint density at radius 1 is 1.38 bits per heavy atom. The molecule has 7 nitrogen and oxygen atoms in total. The minimum atomic E-state index is -1.34. The quantitative estimate of drug-likeness (QED) is 0.430. The summed E-state index contributed by atoms with van der Waals surface area (Å²) in [6.45, 7) is 0.604. The lowest BCUT2D eigenvalue weighted by molar-refractivity contribution is -0.384. The van der Waals surface area contributed by atoms with E-state index in [1.165, 1.54) is 7.11 Å². The summed E-state index contributed by atoms with van der Waals surface area (Å²) < 4.78 is 31.4. The molecule has 1 aromatic carbocycles. The molecule has 0 aliphatic heterocycles. The van der Waals surface area contributed by atoms with Crippen LogP contribution in [-0.2, 0) is 9.53 Å². The van der Waals surface area contributed by atoms with Crippen molar-refractivity contribution in [1.29, 1.82) is 0 Å². The fourth-order valence-corrected chi connectivity index (χ4v) is 1.54. The number of anilines is 1. The van der Waals surface area contributed by atoms with Crippen molar-refractivity contribution in [3.63, 3.8) is 0 Å². The number of carbonyl (C=O) groups excluding carboxylic acids is 1. The maximum atomic E-state index is 13.5. The van der Waals surface area contributed by atoms with Gasteiger partial charge in [-0.3, -0.25) is 14.9 Å². The fraction of sp³-hybridized carbons (Fsp3) is 0.417. The van der Waals surface area contributed by atoms with Crippen LogP contribution in [0.1, 0.15) is 6.42 Å². The highest BCUT2D eigenvalue weighted by atomic mass is 19.2. The molecule has 116 valence electrons. The molecule has 1 amide bonds. The number of rotatable bonds is 8. The van der Waals surface area contributed by atoms with Gasteiger partial charge in [0.25, 0.3) is 5.69 Å². The molecule has 0 radical (unpaired) electrons. The molecule has 0 aliphatic carbocycles. The van der Waals surface area contributed by atoms with E-state index in [1.807, 2.05) is 0 Å². The number of benzene rings is 1. The molecule has 1 aromatic rings. The average molecular weight is 303 g/mol. The van der Waals surface area contributed by atoms with Crippen molar-refractivity contribution in [2.75, 3.05) is 32.1 Å². The second-order valence-corrected chi connectivity index (χ2v) is 4.03. The summed E-state index contributed by atoms with van der Waals surface area (Å²) >= 11 is 0. The summed E-state index contributed by atoms with van der Waals surface area (Å²) in [4.78, 5) is 21.3. The predicted octanol–water partition coefficient (Wildman–Crippen LogP) is 1.44. The van der Waals surface area contributed by atoms with Crippen LogP contribution in [0.15, 0.2) is 12.1 Å². The zero-order valence-electron chi connectivity index (χ0n) is 11.3. The molecule has 0 spiro atoms. The summed E-state index contributed by atoms with van der Waals surface area (Å²) in [5.74, 6) is -2.88. The molecule has 0 saturated heterocycles. The number of halogens is 2. The van der Waals surface area contributed by atoms with E-state index in [4.69, 9.17) is 4.74 Å². The van der Waals surface area contributed by atoms with Crippen molar-refractivity contribution in [2.45, 2.75) is 6.42 Å².